The predicted molar refractivity (Wildman–Crippen MR) is 99.9 cm³/mol. The molecule has 2 aromatic heterocycles. The number of carbonyl (C=O) groups is 1. The smallest absolute Gasteiger partial charge is 0.266 e. The topological polar surface area (TPSA) is 49.3 Å². The summed E-state index contributed by atoms with van der Waals surface area (Å²) in [5.74, 6) is 1.04. The van der Waals surface area contributed by atoms with E-state index >= 15 is 0 Å². The molecule has 25 heavy (non-hydrogen) atoms. The van der Waals surface area contributed by atoms with Gasteiger partial charge in [-0.25, -0.2) is 9.97 Å². The van der Waals surface area contributed by atoms with Crippen LogP contribution >= 0.6 is 11.3 Å². The third-order valence-electron chi connectivity index (χ3n) is 4.35. The number of pyridine rings is 1. The van der Waals surface area contributed by atoms with Crippen LogP contribution in [0.4, 0.5) is 5.82 Å². The Morgan fingerprint density at radius 3 is 2.40 bits per heavy atom. The summed E-state index contributed by atoms with van der Waals surface area (Å²) in [6, 6.07) is 15.8. The first kappa shape index (κ1) is 15.8. The molecule has 1 saturated heterocycles. The van der Waals surface area contributed by atoms with Crippen molar-refractivity contribution in [1.29, 1.82) is 0 Å². The number of hydrogen-bond acceptors (Lipinski definition) is 5. The Labute approximate surface area is 150 Å². The highest BCUT2D eigenvalue weighted by Gasteiger charge is 2.26. The van der Waals surface area contributed by atoms with E-state index in [-0.39, 0.29) is 5.91 Å². The molecule has 3 aromatic rings. The number of rotatable bonds is 3. The van der Waals surface area contributed by atoms with Gasteiger partial charge >= 0.3 is 0 Å². The predicted octanol–water partition coefficient (Wildman–Crippen LogP) is 3.17. The summed E-state index contributed by atoms with van der Waals surface area (Å²) in [6.07, 6.45) is 1.80. The summed E-state index contributed by atoms with van der Waals surface area (Å²) < 4.78 is 0. The van der Waals surface area contributed by atoms with Crippen molar-refractivity contribution in [2.24, 2.45) is 0 Å². The van der Waals surface area contributed by atoms with E-state index in [0.717, 1.165) is 35.0 Å². The molecule has 0 radical (unpaired) electrons. The second-order valence-electron chi connectivity index (χ2n) is 5.86. The van der Waals surface area contributed by atoms with E-state index in [0.29, 0.717) is 13.1 Å². The number of carbonyl (C=O) groups excluding carboxylic acids is 1. The van der Waals surface area contributed by atoms with Crippen molar-refractivity contribution in [2.75, 3.05) is 31.1 Å². The molecule has 4 rings (SSSR count). The number of hydrogen-bond donors (Lipinski definition) is 0. The Morgan fingerprint density at radius 2 is 1.68 bits per heavy atom. The van der Waals surface area contributed by atoms with Gasteiger partial charge in [0.2, 0.25) is 0 Å². The molecule has 0 spiro atoms. The number of benzene rings is 1. The minimum atomic E-state index is 0.0713. The van der Waals surface area contributed by atoms with Crippen molar-refractivity contribution in [1.82, 2.24) is 14.9 Å². The molecule has 1 aromatic carbocycles. The van der Waals surface area contributed by atoms with Crippen LogP contribution in [0.3, 0.4) is 0 Å². The van der Waals surface area contributed by atoms with E-state index in [2.05, 4.69) is 14.9 Å². The number of piperazine rings is 1. The van der Waals surface area contributed by atoms with Crippen molar-refractivity contribution < 1.29 is 4.79 Å². The van der Waals surface area contributed by atoms with Gasteiger partial charge in [0, 0.05) is 37.9 Å². The molecule has 126 valence electrons. The lowest BCUT2D eigenvalue weighted by Gasteiger charge is -2.35. The van der Waals surface area contributed by atoms with Gasteiger partial charge in [0.25, 0.3) is 5.91 Å². The monoisotopic (exact) mass is 350 g/mol. The first-order chi connectivity index (χ1) is 12.3. The average molecular weight is 350 g/mol. The molecular weight excluding hydrogens is 332 g/mol. The van der Waals surface area contributed by atoms with E-state index in [9.17, 15) is 4.79 Å². The van der Waals surface area contributed by atoms with Gasteiger partial charge in [0.15, 0.2) is 0 Å². The van der Waals surface area contributed by atoms with Gasteiger partial charge < -0.3 is 9.80 Å². The number of amides is 1. The lowest BCUT2D eigenvalue weighted by atomic mass is 10.1. The van der Waals surface area contributed by atoms with E-state index in [1.54, 1.807) is 11.7 Å². The van der Waals surface area contributed by atoms with Gasteiger partial charge in [-0.1, -0.05) is 36.4 Å². The van der Waals surface area contributed by atoms with Crippen molar-refractivity contribution in [2.45, 2.75) is 0 Å². The van der Waals surface area contributed by atoms with Crippen molar-refractivity contribution in [3.05, 3.63) is 65.1 Å². The third kappa shape index (κ3) is 3.25. The molecule has 6 heteroatoms. The van der Waals surface area contributed by atoms with Crippen LogP contribution in [0, 0.1) is 0 Å². The van der Waals surface area contributed by atoms with Crippen molar-refractivity contribution >= 4 is 23.1 Å². The van der Waals surface area contributed by atoms with Crippen LogP contribution in [0.25, 0.3) is 11.3 Å². The van der Waals surface area contributed by atoms with Crippen LogP contribution in [-0.2, 0) is 0 Å². The lowest BCUT2D eigenvalue weighted by molar-refractivity contribution is 0.0752. The molecule has 0 unspecified atom stereocenters. The molecule has 0 N–H and O–H groups in total. The summed E-state index contributed by atoms with van der Waals surface area (Å²) in [5.41, 5.74) is 3.52. The van der Waals surface area contributed by atoms with Gasteiger partial charge in [-0.3, -0.25) is 4.79 Å². The maximum atomic E-state index is 13.0. The van der Waals surface area contributed by atoms with Crippen LogP contribution in [-0.4, -0.2) is 47.0 Å². The highest BCUT2D eigenvalue weighted by atomic mass is 32.1. The summed E-state index contributed by atoms with van der Waals surface area (Å²) in [6.45, 7) is 2.98. The first-order valence-electron chi connectivity index (χ1n) is 8.27. The Morgan fingerprint density at radius 1 is 0.920 bits per heavy atom. The zero-order valence-corrected chi connectivity index (χ0v) is 14.5. The van der Waals surface area contributed by atoms with Crippen LogP contribution in [0.15, 0.2) is 60.2 Å². The van der Waals surface area contributed by atoms with E-state index in [1.807, 2.05) is 53.4 Å². The molecule has 0 atom stereocenters. The van der Waals surface area contributed by atoms with E-state index in [4.69, 9.17) is 0 Å². The maximum absolute atomic E-state index is 13.0. The minimum Gasteiger partial charge on any atom is -0.353 e. The molecule has 1 fully saturated rings. The third-order valence-corrected chi connectivity index (χ3v) is 5.16. The summed E-state index contributed by atoms with van der Waals surface area (Å²) >= 11 is 1.42. The summed E-state index contributed by atoms with van der Waals surface area (Å²) in [4.78, 5) is 26.6. The number of nitrogens with zero attached hydrogens (tertiary/aromatic N) is 4. The molecule has 1 amide bonds. The molecular formula is C19H18N4OS. The van der Waals surface area contributed by atoms with E-state index < -0.39 is 0 Å². The van der Waals surface area contributed by atoms with Gasteiger partial charge in [-0.15, -0.1) is 11.3 Å². The van der Waals surface area contributed by atoms with Gasteiger partial charge in [-0.05, 0) is 12.1 Å². The molecule has 1 aliphatic rings. The molecule has 1 aliphatic heterocycles. The molecule has 0 bridgehead atoms. The Kier molecular flexibility index (Phi) is 4.43. The number of anilines is 1. The molecule has 5 nitrogen and oxygen atoms in total. The molecule has 3 heterocycles. The van der Waals surface area contributed by atoms with Crippen LogP contribution < -0.4 is 4.90 Å². The summed E-state index contributed by atoms with van der Waals surface area (Å²) in [5, 5.41) is 0. The fourth-order valence-electron chi connectivity index (χ4n) is 3.02. The largest absolute Gasteiger partial charge is 0.353 e. The fraction of sp³-hybridized carbons (Fsp3) is 0.211. The van der Waals surface area contributed by atoms with Crippen LogP contribution in [0.2, 0.25) is 0 Å². The fourth-order valence-corrected chi connectivity index (χ4v) is 3.80. The SMILES string of the molecule is O=C(c1scnc1-c1ccccc1)N1CCN(c2ccccn2)CC1. The standard InChI is InChI=1S/C19H18N4OS/c24-19(18-17(21-14-25-18)15-6-2-1-3-7-15)23-12-10-22(11-13-23)16-8-4-5-9-20-16/h1-9,14H,10-13H2. The zero-order chi connectivity index (χ0) is 17.1. The second-order valence-corrected chi connectivity index (χ2v) is 6.72. The van der Waals surface area contributed by atoms with E-state index in [1.165, 1.54) is 11.3 Å². The Balaban J connectivity index is 1.48. The maximum Gasteiger partial charge on any atom is 0.266 e. The quantitative estimate of drug-likeness (QED) is 0.728. The average Bonchev–Trinajstić information content (AvgIpc) is 3.19. The second kappa shape index (κ2) is 7.03. The summed E-state index contributed by atoms with van der Waals surface area (Å²) in [7, 11) is 0. The zero-order valence-electron chi connectivity index (χ0n) is 13.7. The molecule has 0 saturated carbocycles. The molecule has 0 aliphatic carbocycles. The van der Waals surface area contributed by atoms with Gasteiger partial charge in [-0.2, -0.15) is 0 Å². The van der Waals surface area contributed by atoms with Gasteiger partial charge in [0.1, 0.15) is 10.7 Å². The first-order valence-corrected chi connectivity index (χ1v) is 9.15. The Hall–Kier alpha value is -2.73. The van der Waals surface area contributed by atoms with Crippen LogP contribution in [0.5, 0.6) is 0 Å². The number of thiazole rings is 1. The minimum absolute atomic E-state index is 0.0713. The van der Waals surface area contributed by atoms with Gasteiger partial charge in [0.05, 0.1) is 11.2 Å². The number of aromatic nitrogens is 2. The lowest BCUT2D eigenvalue weighted by Crippen LogP contribution is -2.49. The normalized spacial score (nSPS) is 14.6. The highest BCUT2D eigenvalue weighted by molar-refractivity contribution is 7.12. The van der Waals surface area contributed by atoms with Crippen LogP contribution in [0.1, 0.15) is 9.67 Å². The van der Waals surface area contributed by atoms with Crippen molar-refractivity contribution in [3.8, 4) is 11.3 Å². The Bertz CT molecular complexity index is 842. The highest BCUT2D eigenvalue weighted by Crippen LogP contribution is 2.27. The van der Waals surface area contributed by atoms with Crippen molar-refractivity contribution in [3.63, 3.8) is 0 Å².